The number of nitrogens with zero attached hydrogens (tertiary/aromatic N) is 1. The number of amides is 1. The Labute approximate surface area is 229 Å². The van der Waals surface area contributed by atoms with Gasteiger partial charge in [0.2, 0.25) is 5.91 Å². The second-order valence-corrected chi connectivity index (χ2v) is 9.65. The molecule has 0 bridgehead atoms. The van der Waals surface area contributed by atoms with Crippen molar-refractivity contribution in [1.82, 2.24) is 5.32 Å². The van der Waals surface area contributed by atoms with Gasteiger partial charge < -0.3 is 29.0 Å². The number of alkyl halides is 2. The van der Waals surface area contributed by atoms with Crippen molar-refractivity contribution >= 4 is 11.9 Å². The summed E-state index contributed by atoms with van der Waals surface area (Å²) in [6.07, 6.45) is -1.89. The van der Waals surface area contributed by atoms with Crippen molar-refractivity contribution in [2.24, 2.45) is 0 Å². The molecular formula is C26H46F2N2O9. The van der Waals surface area contributed by atoms with Crippen molar-refractivity contribution in [1.29, 1.82) is 0 Å². The molecule has 0 aliphatic carbocycles. The smallest absolute Gasteiger partial charge is 0.381 e. The monoisotopic (exact) mass is 568 g/mol. The fourth-order valence-corrected chi connectivity index (χ4v) is 4.26. The maximum absolute atomic E-state index is 15.9. The highest BCUT2D eigenvalue weighted by Crippen LogP contribution is 2.38. The van der Waals surface area contributed by atoms with Crippen LogP contribution in [0.5, 0.6) is 0 Å². The topological polar surface area (TPSA) is 135 Å². The SMILES string of the molecule is CCCCOC[C@H]1O[C@H](C(F)(F)CC(C(=O)OCC)[N+](=O)[O-])[C@H](NC(C)=O)[C@@H](OCCCC)[C@H]1OCCCC. The quantitative estimate of drug-likeness (QED) is 0.101. The van der Waals surface area contributed by atoms with Gasteiger partial charge >= 0.3 is 12.0 Å². The van der Waals surface area contributed by atoms with Crippen LogP contribution in [0.2, 0.25) is 0 Å². The Morgan fingerprint density at radius 2 is 1.56 bits per heavy atom. The average Bonchev–Trinajstić information content (AvgIpc) is 2.87. The molecule has 1 saturated heterocycles. The maximum Gasteiger partial charge on any atom is 0.381 e. The van der Waals surface area contributed by atoms with Gasteiger partial charge in [-0.3, -0.25) is 14.9 Å². The van der Waals surface area contributed by atoms with Gasteiger partial charge in [0.25, 0.3) is 5.92 Å². The van der Waals surface area contributed by atoms with E-state index in [0.29, 0.717) is 26.1 Å². The number of hydrogen-bond acceptors (Lipinski definition) is 9. The minimum atomic E-state index is -3.93. The number of carbonyl (C=O) groups is 2. The number of ether oxygens (including phenoxy) is 5. The lowest BCUT2D eigenvalue weighted by Crippen LogP contribution is -2.69. The molecule has 0 aromatic heterocycles. The van der Waals surface area contributed by atoms with E-state index in [1.807, 2.05) is 20.8 Å². The Hall–Kier alpha value is -1.96. The van der Waals surface area contributed by atoms with Gasteiger partial charge in [-0.25, -0.2) is 13.6 Å². The van der Waals surface area contributed by atoms with Gasteiger partial charge in [0.05, 0.1) is 25.7 Å². The van der Waals surface area contributed by atoms with E-state index in [4.69, 9.17) is 18.9 Å². The molecule has 1 aliphatic rings. The first-order valence-electron chi connectivity index (χ1n) is 13.9. The molecule has 1 aliphatic heterocycles. The predicted molar refractivity (Wildman–Crippen MR) is 138 cm³/mol. The lowest BCUT2D eigenvalue weighted by atomic mass is 9.87. The molecule has 1 fully saturated rings. The van der Waals surface area contributed by atoms with E-state index in [9.17, 15) is 19.7 Å². The number of rotatable bonds is 20. The third-order valence-corrected chi connectivity index (χ3v) is 6.30. The second kappa shape index (κ2) is 18.4. The molecular weight excluding hydrogens is 522 g/mol. The fourth-order valence-electron chi connectivity index (χ4n) is 4.26. The Balaban J connectivity index is 3.47. The van der Waals surface area contributed by atoms with Gasteiger partial charge in [0.1, 0.15) is 24.4 Å². The van der Waals surface area contributed by atoms with Crippen molar-refractivity contribution in [3.63, 3.8) is 0 Å². The largest absolute Gasteiger partial charge is 0.461 e. The number of nitro groups is 1. The van der Waals surface area contributed by atoms with Crippen molar-refractivity contribution in [2.45, 2.75) is 122 Å². The molecule has 228 valence electrons. The van der Waals surface area contributed by atoms with Crippen LogP contribution in [0.4, 0.5) is 8.78 Å². The van der Waals surface area contributed by atoms with Crippen LogP contribution in [0.25, 0.3) is 0 Å². The number of unbranched alkanes of at least 4 members (excludes halogenated alkanes) is 3. The van der Waals surface area contributed by atoms with Crippen LogP contribution in [0, 0.1) is 10.1 Å². The third kappa shape index (κ3) is 11.6. The lowest BCUT2D eigenvalue weighted by Gasteiger charge is -2.48. The van der Waals surface area contributed by atoms with E-state index in [0.717, 1.165) is 25.7 Å². The molecule has 1 N–H and O–H groups in total. The highest BCUT2D eigenvalue weighted by Gasteiger charge is 2.59. The molecule has 6 atom stereocenters. The zero-order valence-corrected chi connectivity index (χ0v) is 23.8. The van der Waals surface area contributed by atoms with Crippen molar-refractivity contribution in [3.05, 3.63) is 10.1 Å². The van der Waals surface area contributed by atoms with Crippen LogP contribution in [0.3, 0.4) is 0 Å². The minimum absolute atomic E-state index is 0.0830. The molecule has 0 radical (unpaired) electrons. The third-order valence-electron chi connectivity index (χ3n) is 6.30. The molecule has 0 spiro atoms. The fraction of sp³-hybridized carbons (Fsp3) is 0.923. The summed E-state index contributed by atoms with van der Waals surface area (Å²) >= 11 is 0. The zero-order valence-electron chi connectivity index (χ0n) is 23.8. The summed E-state index contributed by atoms with van der Waals surface area (Å²) < 4.78 is 60.2. The first kappa shape index (κ1) is 35.1. The standard InChI is InChI=1S/C26H46F2N2O9/c1-6-10-13-35-17-20-22(37-14-11-7-2)23(38-15-12-8-3)21(29-18(5)31)24(39-20)26(27,28)16-19(30(33)34)25(32)36-9-4/h19-24H,6-17H2,1-5H3,(H,29,31)/t19?,20-,21-,22+,23-,24+/m1/s1. The molecule has 0 saturated carbocycles. The van der Waals surface area contributed by atoms with E-state index >= 15 is 8.78 Å². The number of hydrogen-bond donors (Lipinski definition) is 1. The van der Waals surface area contributed by atoms with Gasteiger partial charge in [0, 0.05) is 31.7 Å². The van der Waals surface area contributed by atoms with Crippen molar-refractivity contribution in [3.8, 4) is 0 Å². The van der Waals surface area contributed by atoms with Gasteiger partial charge in [-0.15, -0.1) is 0 Å². The van der Waals surface area contributed by atoms with Crippen LogP contribution < -0.4 is 5.32 Å². The molecule has 1 unspecified atom stereocenters. The number of carbonyl (C=O) groups excluding carboxylic acids is 2. The summed E-state index contributed by atoms with van der Waals surface area (Å²) in [6.45, 7) is 9.12. The highest BCUT2D eigenvalue weighted by atomic mass is 19.3. The van der Waals surface area contributed by atoms with Gasteiger partial charge in [-0.1, -0.05) is 40.0 Å². The first-order valence-corrected chi connectivity index (χ1v) is 13.9. The van der Waals surface area contributed by atoms with Gasteiger partial charge in [0.15, 0.2) is 0 Å². The average molecular weight is 569 g/mol. The minimum Gasteiger partial charge on any atom is -0.461 e. The summed E-state index contributed by atoms with van der Waals surface area (Å²) in [4.78, 5) is 34.7. The maximum atomic E-state index is 15.9. The van der Waals surface area contributed by atoms with Crippen LogP contribution in [0.1, 0.15) is 79.6 Å². The molecule has 39 heavy (non-hydrogen) atoms. The molecule has 0 aromatic carbocycles. The second-order valence-electron chi connectivity index (χ2n) is 9.65. The van der Waals surface area contributed by atoms with E-state index in [1.165, 1.54) is 13.8 Å². The molecule has 1 amide bonds. The molecule has 1 rings (SSSR count). The van der Waals surface area contributed by atoms with Crippen LogP contribution in [-0.4, -0.2) is 92.3 Å². The Bertz CT molecular complexity index is 744. The summed E-state index contributed by atoms with van der Waals surface area (Å²) in [5.41, 5.74) is 0. The molecule has 13 heteroatoms. The Morgan fingerprint density at radius 3 is 2.08 bits per heavy atom. The number of nitrogens with one attached hydrogen (secondary N) is 1. The van der Waals surface area contributed by atoms with Crippen LogP contribution in [-0.2, 0) is 33.3 Å². The van der Waals surface area contributed by atoms with Crippen molar-refractivity contribution < 1.29 is 47.0 Å². The van der Waals surface area contributed by atoms with Crippen LogP contribution in [0.15, 0.2) is 0 Å². The molecule has 1 heterocycles. The first-order chi connectivity index (χ1) is 18.5. The summed E-state index contributed by atoms with van der Waals surface area (Å²) in [5, 5.41) is 14.0. The summed E-state index contributed by atoms with van der Waals surface area (Å²) in [5.74, 6) is -5.92. The lowest BCUT2D eigenvalue weighted by molar-refractivity contribution is -0.516. The summed E-state index contributed by atoms with van der Waals surface area (Å²) in [7, 11) is 0. The van der Waals surface area contributed by atoms with E-state index < -0.39 is 65.6 Å². The predicted octanol–water partition coefficient (Wildman–Crippen LogP) is 3.68. The number of esters is 1. The Morgan fingerprint density at radius 1 is 1.00 bits per heavy atom. The summed E-state index contributed by atoms with van der Waals surface area (Å²) in [6, 6.07) is -3.73. The van der Waals surface area contributed by atoms with Crippen molar-refractivity contribution in [2.75, 3.05) is 33.0 Å². The Kier molecular flexibility index (Phi) is 16.5. The van der Waals surface area contributed by atoms with Crippen LogP contribution >= 0.6 is 0 Å². The van der Waals surface area contributed by atoms with E-state index in [1.54, 1.807) is 0 Å². The van der Waals surface area contributed by atoms with Gasteiger partial charge in [-0.05, 0) is 26.2 Å². The van der Waals surface area contributed by atoms with Gasteiger partial charge in [-0.2, -0.15) is 0 Å². The molecule has 0 aromatic rings. The number of halogens is 2. The normalized spacial score (nSPS) is 24.2. The molecule has 11 nitrogen and oxygen atoms in total. The van der Waals surface area contributed by atoms with E-state index in [2.05, 4.69) is 10.1 Å². The highest BCUT2D eigenvalue weighted by molar-refractivity contribution is 5.74. The van der Waals surface area contributed by atoms with E-state index in [-0.39, 0.29) is 19.8 Å². The zero-order chi connectivity index (χ0) is 29.4.